The predicted octanol–water partition coefficient (Wildman–Crippen LogP) is 0.614. The number of aryl methyl sites for hydroxylation is 1. The molecule has 1 aromatic rings. The largest absolute Gasteiger partial charge is 0.397 e. The Morgan fingerprint density at radius 3 is 2.79 bits per heavy atom. The average molecular weight is 197 g/mol. The number of hydrogen-bond acceptors (Lipinski definition) is 3. The van der Waals surface area contributed by atoms with Crippen LogP contribution in [0, 0.1) is 12.7 Å². The number of hydrogen-bond donors (Lipinski definition) is 3. The Morgan fingerprint density at radius 2 is 2.21 bits per heavy atom. The van der Waals surface area contributed by atoms with Gasteiger partial charge in [0.1, 0.15) is 5.82 Å². The van der Waals surface area contributed by atoms with E-state index in [1.165, 1.54) is 12.1 Å². The monoisotopic (exact) mass is 197 g/mol. The molecule has 76 valence electrons. The summed E-state index contributed by atoms with van der Waals surface area (Å²) in [6.07, 6.45) is 0. The van der Waals surface area contributed by atoms with Gasteiger partial charge in [-0.2, -0.15) is 0 Å². The van der Waals surface area contributed by atoms with Crippen molar-refractivity contribution in [2.45, 2.75) is 6.92 Å². The number of amides is 1. The third kappa shape index (κ3) is 2.35. The average Bonchev–Trinajstić information content (AvgIpc) is 2.09. The standard InChI is InChI=1S/C9H12FN3O/c1-5-2-8(13-4-9(12)14)7(11)3-6(5)10/h2-3,13H,4,11H2,1H3,(H2,12,14). The summed E-state index contributed by atoms with van der Waals surface area (Å²) in [5, 5.41) is 2.71. The van der Waals surface area contributed by atoms with Crippen molar-refractivity contribution < 1.29 is 9.18 Å². The Hall–Kier alpha value is -1.78. The molecule has 5 N–H and O–H groups in total. The lowest BCUT2D eigenvalue weighted by Gasteiger charge is -2.08. The summed E-state index contributed by atoms with van der Waals surface area (Å²) in [5.74, 6) is -0.862. The number of carbonyl (C=O) groups excluding carboxylic acids is 1. The highest BCUT2D eigenvalue weighted by Crippen LogP contribution is 2.21. The molecule has 14 heavy (non-hydrogen) atoms. The Kier molecular flexibility index (Phi) is 2.91. The minimum atomic E-state index is -0.494. The van der Waals surface area contributed by atoms with Crippen LogP contribution in [0.1, 0.15) is 5.56 Å². The minimum absolute atomic E-state index is 0.0186. The van der Waals surface area contributed by atoms with Crippen LogP contribution in [0.4, 0.5) is 15.8 Å². The van der Waals surface area contributed by atoms with Crippen molar-refractivity contribution in [3.63, 3.8) is 0 Å². The zero-order chi connectivity index (χ0) is 10.7. The van der Waals surface area contributed by atoms with Crippen LogP contribution in [0.2, 0.25) is 0 Å². The molecule has 0 atom stereocenters. The Morgan fingerprint density at radius 1 is 1.57 bits per heavy atom. The number of primary amides is 1. The fourth-order valence-electron chi connectivity index (χ4n) is 1.03. The lowest BCUT2D eigenvalue weighted by atomic mass is 10.2. The minimum Gasteiger partial charge on any atom is -0.397 e. The van der Waals surface area contributed by atoms with Gasteiger partial charge in [-0.25, -0.2) is 4.39 Å². The van der Waals surface area contributed by atoms with E-state index >= 15 is 0 Å². The second kappa shape index (κ2) is 3.95. The van der Waals surface area contributed by atoms with Gasteiger partial charge in [0.15, 0.2) is 0 Å². The summed E-state index contributed by atoms with van der Waals surface area (Å²) in [6, 6.07) is 2.74. The second-order valence-corrected chi connectivity index (χ2v) is 3.01. The number of rotatable bonds is 3. The van der Waals surface area contributed by atoms with Gasteiger partial charge in [-0.1, -0.05) is 0 Å². The molecule has 5 heteroatoms. The van der Waals surface area contributed by atoms with Crippen molar-refractivity contribution in [3.8, 4) is 0 Å². The number of nitrogens with one attached hydrogen (secondary N) is 1. The van der Waals surface area contributed by atoms with E-state index in [-0.39, 0.29) is 18.0 Å². The third-order valence-corrected chi connectivity index (χ3v) is 1.78. The van der Waals surface area contributed by atoms with Crippen LogP contribution in [0.5, 0.6) is 0 Å². The number of carbonyl (C=O) groups is 1. The topological polar surface area (TPSA) is 81.1 Å². The van der Waals surface area contributed by atoms with Gasteiger partial charge in [-0.05, 0) is 24.6 Å². The number of anilines is 2. The fraction of sp³-hybridized carbons (Fsp3) is 0.222. The first kappa shape index (κ1) is 10.3. The molecule has 0 aliphatic carbocycles. The summed E-state index contributed by atoms with van der Waals surface area (Å²) >= 11 is 0. The van der Waals surface area contributed by atoms with Crippen molar-refractivity contribution in [1.82, 2.24) is 0 Å². The van der Waals surface area contributed by atoms with Gasteiger partial charge in [0.25, 0.3) is 0 Å². The van der Waals surface area contributed by atoms with E-state index in [4.69, 9.17) is 11.5 Å². The molecule has 1 amide bonds. The molecule has 1 aromatic carbocycles. The number of nitrogens with two attached hydrogens (primary N) is 2. The summed E-state index contributed by atoms with van der Waals surface area (Å²) < 4.78 is 13.0. The first-order valence-corrected chi connectivity index (χ1v) is 4.08. The zero-order valence-corrected chi connectivity index (χ0v) is 7.80. The number of halogens is 1. The van der Waals surface area contributed by atoms with Gasteiger partial charge < -0.3 is 16.8 Å². The molecule has 0 radical (unpaired) electrons. The van der Waals surface area contributed by atoms with E-state index in [1.807, 2.05) is 0 Å². The maximum Gasteiger partial charge on any atom is 0.236 e. The summed E-state index contributed by atoms with van der Waals surface area (Å²) in [5.41, 5.74) is 11.7. The molecular weight excluding hydrogens is 185 g/mol. The molecule has 0 saturated carbocycles. The maximum absolute atomic E-state index is 13.0. The molecule has 0 aromatic heterocycles. The van der Waals surface area contributed by atoms with Crippen LogP contribution < -0.4 is 16.8 Å². The fourth-order valence-corrected chi connectivity index (χ4v) is 1.03. The van der Waals surface area contributed by atoms with E-state index in [0.29, 0.717) is 11.3 Å². The van der Waals surface area contributed by atoms with Crippen LogP contribution in [0.3, 0.4) is 0 Å². The Labute approximate surface area is 81.1 Å². The quantitative estimate of drug-likeness (QED) is 0.621. The summed E-state index contributed by atoms with van der Waals surface area (Å²) in [6.45, 7) is 1.60. The van der Waals surface area contributed by atoms with Crippen LogP contribution in [0.25, 0.3) is 0 Å². The third-order valence-electron chi connectivity index (χ3n) is 1.78. The lowest BCUT2D eigenvalue weighted by Crippen LogP contribution is -2.22. The predicted molar refractivity (Wildman–Crippen MR) is 53.2 cm³/mol. The van der Waals surface area contributed by atoms with Crippen molar-refractivity contribution in [1.29, 1.82) is 0 Å². The molecular formula is C9H12FN3O. The maximum atomic E-state index is 13.0. The van der Waals surface area contributed by atoms with Gasteiger partial charge in [0.2, 0.25) is 5.91 Å². The van der Waals surface area contributed by atoms with E-state index in [1.54, 1.807) is 6.92 Å². The molecule has 0 saturated heterocycles. The van der Waals surface area contributed by atoms with Crippen molar-refractivity contribution in [2.75, 3.05) is 17.6 Å². The van der Waals surface area contributed by atoms with Gasteiger partial charge in [0.05, 0.1) is 17.9 Å². The summed E-state index contributed by atoms with van der Waals surface area (Å²) in [7, 11) is 0. The van der Waals surface area contributed by atoms with Gasteiger partial charge >= 0.3 is 0 Å². The highest BCUT2D eigenvalue weighted by Gasteiger charge is 2.04. The van der Waals surface area contributed by atoms with Crippen LogP contribution in [-0.4, -0.2) is 12.5 Å². The Bertz CT molecular complexity index is 365. The molecule has 0 aliphatic rings. The molecule has 0 fully saturated rings. The van der Waals surface area contributed by atoms with Gasteiger partial charge in [-0.15, -0.1) is 0 Å². The zero-order valence-electron chi connectivity index (χ0n) is 7.80. The van der Waals surface area contributed by atoms with E-state index in [0.717, 1.165) is 0 Å². The molecule has 0 bridgehead atoms. The van der Waals surface area contributed by atoms with Crippen molar-refractivity contribution in [3.05, 3.63) is 23.5 Å². The van der Waals surface area contributed by atoms with Crippen molar-refractivity contribution >= 4 is 17.3 Å². The number of benzene rings is 1. The Balaban J connectivity index is 2.87. The lowest BCUT2D eigenvalue weighted by molar-refractivity contribution is -0.116. The van der Waals surface area contributed by atoms with Gasteiger partial charge in [0, 0.05) is 0 Å². The number of nitrogen functional groups attached to an aromatic ring is 1. The summed E-state index contributed by atoms with van der Waals surface area (Å²) in [4.78, 5) is 10.5. The molecule has 0 heterocycles. The van der Waals surface area contributed by atoms with Gasteiger partial charge in [-0.3, -0.25) is 4.79 Å². The molecule has 0 spiro atoms. The highest BCUT2D eigenvalue weighted by molar-refractivity contribution is 5.80. The van der Waals surface area contributed by atoms with Crippen molar-refractivity contribution in [2.24, 2.45) is 5.73 Å². The van der Waals surface area contributed by atoms with Crippen LogP contribution in [0.15, 0.2) is 12.1 Å². The highest BCUT2D eigenvalue weighted by atomic mass is 19.1. The molecule has 0 aliphatic heterocycles. The van der Waals surface area contributed by atoms with Crippen LogP contribution >= 0.6 is 0 Å². The first-order chi connectivity index (χ1) is 6.50. The first-order valence-electron chi connectivity index (χ1n) is 4.08. The normalized spacial score (nSPS) is 9.86. The van der Waals surface area contributed by atoms with E-state index in [9.17, 15) is 9.18 Å². The van der Waals surface area contributed by atoms with E-state index < -0.39 is 5.91 Å². The molecule has 0 unspecified atom stereocenters. The second-order valence-electron chi connectivity index (χ2n) is 3.01. The molecule has 4 nitrogen and oxygen atoms in total. The van der Waals surface area contributed by atoms with E-state index in [2.05, 4.69) is 5.32 Å². The SMILES string of the molecule is Cc1cc(NCC(N)=O)c(N)cc1F. The van der Waals surface area contributed by atoms with Crippen LogP contribution in [-0.2, 0) is 4.79 Å². The smallest absolute Gasteiger partial charge is 0.236 e. The molecule has 1 rings (SSSR count).